The number of rotatable bonds is 5. The lowest BCUT2D eigenvalue weighted by Crippen LogP contribution is -2.41. The minimum Gasteiger partial charge on any atom is -0.497 e. The van der Waals surface area contributed by atoms with E-state index in [2.05, 4.69) is 5.32 Å². The largest absolute Gasteiger partial charge is 0.497 e. The molecule has 2 aromatic heterocycles. The number of benzene rings is 3. The number of hydrogen-bond donors (Lipinski definition) is 1. The number of anilines is 1. The first-order chi connectivity index (χ1) is 17.7. The first-order valence-corrected chi connectivity index (χ1v) is 12.0. The van der Waals surface area contributed by atoms with Crippen LogP contribution in [0.5, 0.6) is 5.75 Å². The number of carbonyl (C=O) groups excluding carboxylic acids is 1. The van der Waals surface area contributed by atoms with Gasteiger partial charge in [0, 0.05) is 18.1 Å². The predicted octanol–water partition coefficient (Wildman–Crippen LogP) is 4.22. The number of aryl methyl sites for hydroxylation is 4. The summed E-state index contributed by atoms with van der Waals surface area (Å²) in [5.74, 6) is 0.219. The van der Waals surface area contributed by atoms with Gasteiger partial charge in [-0.05, 0) is 62.2 Å². The zero-order valence-electron chi connectivity index (χ0n) is 21.5. The number of carbonyl (C=O) groups is 1. The van der Waals surface area contributed by atoms with Crippen molar-refractivity contribution in [1.29, 1.82) is 0 Å². The number of ether oxygens (including phenoxy) is 1. The summed E-state index contributed by atoms with van der Waals surface area (Å²) in [6.07, 6.45) is 0. The van der Waals surface area contributed by atoms with E-state index in [0.29, 0.717) is 33.5 Å². The molecule has 5 aromatic rings. The lowest BCUT2D eigenvalue weighted by molar-refractivity contribution is -0.116. The minimum atomic E-state index is -0.590. The Hall–Kier alpha value is -4.59. The van der Waals surface area contributed by atoms with Gasteiger partial charge in [-0.3, -0.25) is 14.2 Å². The van der Waals surface area contributed by atoms with Gasteiger partial charge in [-0.1, -0.05) is 35.9 Å². The van der Waals surface area contributed by atoms with Crippen LogP contribution in [0.15, 0.2) is 70.3 Å². The first kappa shape index (κ1) is 24.1. The maximum absolute atomic E-state index is 13.9. The number of aromatic nitrogens is 3. The molecule has 1 N–H and O–H groups in total. The van der Waals surface area contributed by atoms with Gasteiger partial charge in [-0.15, -0.1) is 0 Å². The molecule has 1 amide bonds. The molecule has 0 radical (unpaired) electrons. The molecule has 0 bridgehead atoms. The summed E-state index contributed by atoms with van der Waals surface area (Å²) in [6.45, 7) is 5.50. The van der Waals surface area contributed by atoms with Gasteiger partial charge in [0.15, 0.2) is 0 Å². The van der Waals surface area contributed by atoms with Gasteiger partial charge in [-0.2, -0.15) is 0 Å². The molecule has 8 heteroatoms. The molecule has 0 saturated carbocycles. The molecule has 0 spiro atoms. The van der Waals surface area contributed by atoms with Crippen LogP contribution in [0, 0.1) is 20.8 Å². The molecule has 2 heterocycles. The molecule has 0 aliphatic carbocycles. The van der Waals surface area contributed by atoms with E-state index < -0.39 is 11.2 Å². The lowest BCUT2D eigenvalue weighted by Gasteiger charge is -2.15. The third-order valence-electron chi connectivity index (χ3n) is 6.82. The highest BCUT2D eigenvalue weighted by molar-refractivity contribution is 6.07. The number of methoxy groups -OCH3 is 1. The van der Waals surface area contributed by atoms with Crippen molar-refractivity contribution in [2.75, 3.05) is 12.4 Å². The van der Waals surface area contributed by atoms with Crippen LogP contribution in [-0.2, 0) is 18.4 Å². The Bertz CT molecular complexity index is 1790. The fraction of sp³-hybridized carbons (Fsp3) is 0.207. The van der Waals surface area contributed by atoms with Gasteiger partial charge in [0.1, 0.15) is 17.8 Å². The van der Waals surface area contributed by atoms with E-state index in [1.807, 2.05) is 57.2 Å². The molecular formula is C29H28N4O4. The number of amides is 1. The number of nitrogens with one attached hydrogen (secondary N) is 1. The number of fused-ring (bicyclic) bond motifs is 3. The van der Waals surface area contributed by atoms with Gasteiger partial charge in [0.05, 0.1) is 23.8 Å². The van der Waals surface area contributed by atoms with Crippen molar-refractivity contribution >= 4 is 33.5 Å². The molecule has 0 saturated heterocycles. The number of nitrogens with zero attached hydrogens (tertiary/aromatic N) is 3. The second-order valence-electron chi connectivity index (χ2n) is 9.30. The summed E-state index contributed by atoms with van der Waals surface area (Å²) in [6, 6.07) is 18.3. The first-order valence-electron chi connectivity index (χ1n) is 12.0. The predicted molar refractivity (Wildman–Crippen MR) is 146 cm³/mol. The fourth-order valence-electron chi connectivity index (χ4n) is 4.86. The molecule has 3 aromatic carbocycles. The molecule has 8 nitrogen and oxygen atoms in total. The molecule has 0 fully saturated rings. The Morgan fingerprint density at radius 1 is 0.919 bits per heavy atom. The monoisotopic (exact) mass is 496 g/mol. The van der Waals surface area contributed by atoms with E-state index in [0.717, 1.165) is 26.8 Å². The molecular weight excluding hydrogens is 468 g/mol. The average Bonchev–Trinajstić information content (AvgIpc) is 3.17. The van der Waals surface area contributed by atoms with E-state index in [-0.39, 0.29) is 12.5 Å². The van der Waals surface area contributed by atoms with E-state index in [1.54, 1.807) is 43.0 Å². The average molecular weight is 497 g/mol. The molecule has 0 aliphatic rings. The number of para-hydroxylation sites is 1. The summed E-state index contributed by atoms with van der Waals surface area (Å²) in [7, 11) is 3.34. The van der Waals surface area contributed by atoms with Crippen LogP contribution in [0.3, 0.4) is 0 Å². The van der Waals surface area contributed by atoms with Crippen molar-refractivity contribution < 1.29 is 9.53 Å². The summed E-state index contributed by atoms with van der Waals surface area (Å²) in [4.78, 5) is 41.1. The van der Waals surface area contributed by atoms with Crippen LogP contribution in [-0.4, -0.2) is 26.7 Å². The van der Waals surface area contributed by atoms with Crippen LogP contribution >= 0.6 is 0 Å². The van der Waals surface area contributed by atoms with Crippen LogP contribution < -0.4 is 21.3 Å². The maximum atomic E-state index is 13.9. The van der Waals surface area contributed by atoms with Crippen molar-refractivity contribution in [3.8, 4) is 11.4 Å². The Morgan fingerprint density at radius 3 is 2.24 bits per heavy atom. The van der Waals surface area contributed by atoms with Crippen molar-refractivity contribution in [3.63, 3.8) is 0 Å². The van der Waals surface area contributed by atoms with Gasteiger partial charge >= 0.3 is 5.69 Å². The van der Waals surface area contributed by atoms with Crippen LogP contribution in [0.2, 0.25) is 0 Å². The quantitative estimate of drug-likeness (QED) is 0.395. The second-order valence-corrected chi connectivity index (χ2v) is 9.30. The molecule has 37 heavy (non-hydrogen) atoms. The Balaban J connectivity index is 1.79. The summed E-state index contributed by atoms with van der Waals surface area (Å²) in [5, 5.41) is 3.61. The normalized spacial score (nSPS) is 11.3. The van der Waals surface area contributed by atoms with E-state index in [1.165, 1.54) is 4.57 Å². The van der Waals surface area contributed by atoms with Gasteiger partial charge in [-0.25, -0.2) is 9.36 Å². The Kier molecular flexibility index (Phi) is 5.95. The standard InChI is InChI=1S/C29H28N4O4/c1-17-9-11-20(12-10-17)33-28(35)27-26(22-15-21(37-5)13-14-23(22)31(27)4)32(29(33)36)16-24(34)30-25-18(2)7-6-8-19(25)3/h6-15H,16H2,1-5H3,(H,30,34). The third kappa shape index (κ3) is 4.00. The molecule has 0 atom stereocenters. The smallest absolute Gasteiger partial charge is 0.336 e. The molecule has 188 valence electrons. The zero-order chi connectivity index (χ0) is 26.4. The van der Waals surface area contributed by atoms with Crippen molar-refractivity contribution in [2.45, 2.75) is 27.3 Å². The van der Waals surface area contributed by atoms with Crippen molar-refractivity contribution in [1.82, 2.24) is 13.7 Å². The Morgan fingerprint density at radius 2 is 1.59 bits per heavy atom. The summed E-state index contributed by atoms with van der Waals surface area (Å²) >= 11 is 0. The van der Waals surface area contributed by atoms with Crippen LogP contribution in [0.1, 0.15) is 16.7 Å². The highest BCUT2D eigenvalue weighted by atomic mass is 16.5. The molecule has 5 rings (SSSR count). The van der Waals surface area contributed by atoms with Crippen molar-refractivity contribution in [2.24, 2.45) is 7.05 Å². The lowest BCUT2D eigenvalue weighted by atomic mass is 10.1. The van der Waals surface area contributed by atoms with Crippen LogP contribution in [0.25, 0.3) is 27.6 Å². The van der Waals surface area contributed by atoms with E-state index in [9.17, 15) is 14.4 Å². The van der Waals surface area contributed by atoms with Crippen molar-refractivity contribution in [3.05, 3.63) is 98.2 Å². The highest BCUT2D eigenvalue weighted by Crippen LogP contribution is 2.29. The van der Waals surface area contributed by atoms with Gasteiger partial charge in [0.25, 0.3) is 5.56 Å². The third-order valence-corrected chi connectivity index (χ3v) is 6.82. The number of hydrogen-bond acceptors (Lipinski definition) is 4. The van der Waals surface area contributed by atoms with E-state index in [4.69, 9.17) is 4.74 Å². The minimum absolute atomic E-state index is 0.272. The zero-order valence-corrected chi connectivity index (χ0v) is 21.5. The highest BCUT2D eigenvalue weighted by Gasteiger charge is 2.23. The molecule has 0 aliphatic heterocycles. The topological polar surface area (TPSA) is 87.3 Å². The second kappa shape index (κ2) is 9.13. The molecule has 0 unspecified atom stereocenters. The summed E-state index contributed by atoms with van der Waals surface area (Å²) in [5.41, 5.74) is 4.42. The van der Waals surface area contributed by atoms with Crippen LogP contribution in [0.4, 0.5) is 5.69 Å². The fourth-order valence-corrected chi connectivity index (χ4v) is 4.86. The van der Waals surface area contributed by atoms with Gasteiger partial charge in [0.2, 0.25) is 5.91 Å². The SMILES string of the molecule is COc1ccc2c(c1)c1c(c(=O)n(-c3ccc(C)cc3)c(=O)n1CC(=O)Nc1c(C)cccc1C)n2C. The van der Waals surface area contributed by atoms with E-state index >= 15 is 0 Å². The van der Waals surface area contributed by atoms with Gasteiger partial charge < -0.3 is 14.6 Å². The maximum Gasteiger partial charge on any atom is 0.336 e. The Labute approximate surface area is 213 Å². The summed E-state index contributed by atoms with van der Waals surface area (Å²) < 4.78 is 9.68.